The summed E-state index contributed by atoms with van der Waals surface area (Å²) in [6.07, 6.45) is 2.14. The van der Waals surface area contributed by atoms with Crippen LogP contribution in [0.25, 0.3) is 0 Å². The van der Waals surface area contributed by atoms with E-state index in [4.69, 9.17) is 9.47 Å². The first-order valence-corrected chi connectivity index (χ1v) is 5.67. The molecule has 0 aliphatic carbocycles. The van der Waals surface area contributed by atoms with E-state index in [1.807, 2.05) is 0 Å². The maximum atomic E-state index is 10.6. The third-order valence-corrected chi connectivity index (χ3v) is 3.39. The molecule has 0 aromatic heterocycles. The molecule has 0 radical (unpaired) electrons. The molecule has 3 heteroatoms. The average Bonchev–Trinajstić information content (AvgIpc) is 2.11. The van der Waals surface area contributed by atoms with Crippen molar-refractivity contribution >= 4 is 5.97 Å². The summed E-state index contributed by atoms with van der Waals surface area (Å²) >= 11 is 0. The molecule has 0 saturated carbocycles. The largest absolute Gasteiger partial charge is 0.466 e. The lowest BCUT2D eigenvalue weighted by molar-refractivity contribution is -0.143. The molecular weight excluding hydrogens is 192 g/mol. The van der Waals surface area contributed by atoms with Gasteiger partial charge < -0.3 is 9.47 Å². The van der Waals surface area contributed by atoms with Crippen molar-refractivity contribution in [1.82, 2.24) is 0 Å². The zero-order valence-electron chi connectivity index (χ0n) is 10.2. The number of carbonyl (C=O) groups excluding carboxylic acids is 1. The third-order valence-electron chi connectivity index (χ3n) is 3.39. The molecule has 15 heavy (non-hydrogen) atoms. The predicted octanol–water partition coefficient (Wildman–Crippen LogP) is 2.39. The van der Waals surface area contributed by atoms with Crippen LogP contribution in [0.3, 0.4) is 0 Å². The summed E-state index contributed by atoms with van der Waals surface area (Å²) in [7, 11) is 0. The van der Waals surface area contributed by atoms with Gasteiger partial charge in [0.05, 0.1) is 19.3 Å². The Kier molecular flexibility index (Phi) is 4.14. The second-order valence-electron chi connectivity index (χ2n) is 5.19. The van der Waals surface area contributed by atoms with Crippen LogP contribution in [0.4, 0.5) is 0 Å². The smallest absolute Gasteiger partial charge is 0.302 e. The molecule has 2 atom stereocenters. The van der Waals surface area contributed by atoms with E-state index in [0.29, 0.717) is 12.5 Å². The minimum Gasteiger partial charge on any atom is -0.466 e. The van der Waals surface area contributed by atoms with E-state index in [1.165, 1.54) is 6.92 Å². The van der Waals surface area contributed by atoms with Gasteiger partial charge in [-0.2, -0.15) is 0 Å². The minimum atomic E-state index is -0.209. The fraction of sp³-hybridized carbons (Fsp3) is 0.917. The van der Waals surface area contributed by atoms with E-state index < -0.39 is 0 Å². The van der Waals surface area contributed by atoms with Gasteiger partial charge in [0.2, 0.25) is 0 Å². The van der Waals surface area contributed by atoms with Crippen molar-refractivity contribution in [3.63, 3.8) is 0 Å². The minimum absolute atomic E-state index is 0.209. The Bertz CT molecular complexity index is 223. The van der Waals surface area contributed by atoms with Crippen molar-refractivity contribution in [1.29, 1.82) is 0 Å². The molecule has 1 heterocycles. The van der Waals surface area contributed by atoms with Crippen LogP contribution in [0, 0.1) is 11.3 Å². The van der Waals surface area contributed by atoms with Crippen LogP contribution in [0.2, 0.25) is 0 Å². The quantitative estimate of drug-likeness (QED) is 0.677. The highest BCUT2D eigenvalue weighted by Gasteiger charge is 2.34. The Morgan fingerprint density at radius 2 is 2.20 bits per heavy atom. The van der Waals surface area contributed by atoms with E-state index in [1.54, 1.807) is 0 Å². The Morgan fingerprint density at radius 3 is 2.73 bits per heavy atom. The highest BCUT2D eigenvalue weighted by Crippen LogP contribution is 2.36. The van der Waals surface area contributed by atoms with Gasteiger partial charge in [-0.25, -0.2) is 0 Å². The molecule has 0 unspecified atom stereocenters. The fourth-order valence-electron chi connectivity index (χ4n) is 1.79. The fourth-order valence-corrected chi connectivity index (χ4v) is 1.79. The number of rotatable bonds is 3. The van der Waals surface area contributed by atoms with Gasteiger partial charge in [0.25, 0.3) is 0 Å². The molecule has 0 aromatic rings. The summed E-state index contributed by atoms with van der Waals surface area (Å²) in [4.78, 5) is 10.6. The molecule has 1 fully saturated rings. The van der Waals surface area contributed by atoms with E-state index in [9.17, 15) is 4.79 Å². The second kappa shape index (κ2) is 4.97. The molecule has 1 aliphatic heterocycles. The SMILES string of the molecule is CC(=O)OCC[C@H]1C[C@@H](C)C(C)(C)CO1. The number of esters is 1. The van der Waals surface area contributed by atoms with Gasteiger partial charge in [-0.3, -0.25) is 4.79 Å². The normalized spacial score (nSPS) is 29.9. The van der Waals surface area contributed by atoms with E-state index in [2.05, 4.69) is 20.8 Å². The number of carbonyl (C=O) groups is 1. The average molecular weight is 214 g/mol. The Morgan fingerprint density at radius 1 is 1.53 bits per heavy atom. The van der Waals surface area contributed by atoms with Crippen molar-refractivity contribution < 1.29 is 14.3 Å². The van der Waals surface area contributed by atoms with Crippen LogP contribution in [0.5, 0.6) is 0 Å². The maximum Gasteiger partial charge on any atom is 0.302 e. The molecule has 0 N–H and O–H groups in total. The molecule has 0 spiro atoms. The van der Waals surface area contributed by atoms with Gasteiger partial charge in [0, 0.05) is 13.3 Å². The van der Waals surface area contributed by atoms with Crippen LogP contribution in [-0.2, 0) is 14.3 Å². The second-order valence-corrected chi connectivity index (χ2v) is 5.19. The highest BCUT2D eigenvalue weighted by molar-refractivity contribution is 5.65. The summed E-state index contributed by atoms with van der Waals surface area (Å²) < 4.78 is 10.7. The molecular formula is C12H22O3. The maximum absolute atomic E-state index is 10.6. The summed E-state index contributed by atoms with van der Waals surface area (Å²) in [6.45, 7) is 9.46. The molecule has 0 aromatic carbocycles. The first kappa shape index (κ1) is 12.5. The lowest BCUT2D eigenvalue weighted by Gasteiger charge is -2.40. The first-order chi connectivity index (χ1) is 6.92. The van der Waals surface area contributed by atoms with Crippen LogP contribution in [-0.4, -0.2) is 25.3 Å². The number of ether oxygens (including phenoxy) is 2. The molecule has 1 aliphatic rings. The number of hydrogen-bond donors (Lipinski definition) is 0. The zero-order valence-corrected chi connectivity index (χ0v) is 10.2. The summed E-state index contributed by atoms with van der Waals surface area (Å²) in [5, 5.41) is 0. The molecule has 1 rings (SSSR count). The van der Waals surface area contributed by atoms with Gasteiger partial charge in [-0.05, 0) is 17.8 Å². The van der Waals surface area contributed by atoms with E-state index >= 15 is 0 Å². The van der Waals surface area contributed by atoms with Crippen LogP contribution >= 0.6 is 0 Å². The first-order valence-electron chi connectivity index (χ1n) is 5.67. The van der Waals surface area contributed by atoms with Crippen molar-refractivity contribution in [2.75, 3.05) is 13.2 Å². The standard InChI is InChI=1S/C12H22O3/c1-9-7-11(5-6-14-10(2)13)15-8-12(9,3)4/h9,11H,5-8H2,1-4H3/t9-,11+/m1/s1. The van der Waals surface area contributed by atoms with Crippen molar-refractivity contribution in [3.05, 3.63) is 0 Å². The van der Waals surface area contributed by atoms with E-state index in [-0.39, 0.29) is 17.5 Å². The molecule has 3 nitrogen and oxygen atoms in total. The summed E-state index contributed by atoms with van der Waals surface area (Å²) in [5.74, 6) is 0.452. The van der Waals surface area contributed by atoms with Crippen LogP contribution in [0.15, 0.2) is 0 Å². The van der Waals surface area contributed by atoms with Crippen molar-refractivity contribution in [2.45, 2.75) is 46.6 Å². The number of hydrogen-bond acceptors (Lipinski definition) is 3. The molecule has 88 valence electrons. The Balaban J connectivity index is 2.26. The summed E-state index contributed by atoms with van der Waals surface area (Å²) in [6, 6.07) is 0. The van der Waals surface area contributed by atoms with Gasteiger partial charge in [-0.15, -0.1) is 0 Å². The highest BCUT2D eigenvalue weighted by atomic mass is 16.5. The van der Waals surface area contributed by atoms with Gasteiger partial charge in [0.15, 0.2) is 0 Å². The zero-order chi connectivity index (χ0) is 11.5. The topological polar surface area (TPSA) is 35.5 Å². The van der Waals surface area contributed by atoms with Crippen molar-refractivity contribution in [3.8, 4) is 0 Å². The monoisotopic (exact) mass is 214 g/mol. The Hall–Kier alpha value is -0.570. The van der Waals surface area contributed by atoms with Crippen LogP contribution < -0.4 is 0 Å². The third kappa shape index (κ3) is 3.82. The molecule has 0 amide bonds. The lowest BCUT2D eigenvalue weighted by atomic mass is 9.75. The van der Waals surface area contributed by atoms with Crippen molar-refractivity contribution in [2.24, 2.45) is 11.3 Å². The van der Waals surface area contributed by atoms with E-state index in [0.717, 1.165) is 19.4 Å². The predicted molar refractivity (Wildman–Crippen MR) is 58.6 cm³/mol. The van der Waals surface area contributed by atoms with Crippen LogP contribution in [0.1, 0.15) is 40.5 Å². The van der Waals surface area contributed by atoms with Gasteiger partial charge in [0.1, 0.15) is 0 Å². The van der Waals surface area contributed by atoms with Gasteiger partial charge in [-0.1, -0.05) is 20.8 Å². The summed E-state index contributed by atoms with van der Waals surface area (Å²) in [5.41, 5.74) is 0.276. The molecule has 0 bridgehead atoms. The Labute approximate surface area is 92.1 Å². The lowest BCUT2D eigenvalue weighted by Crippen LogP contribution is -2.38. The molecule has 1 saturated heterocycles. The van der Waals surface area contributed by atoms with Gasteiger partial charge >= 0.3 is 5.97 Å².